The molecule has 2 fully saturated rings. The summed E-state index contributed by atoms with van der Waals surface area (Å²) in [7, 11) is 0. The standard InChI is InChI=1S/C21H34N2O2/c1-17(2)23-13-12-22(16-19(23)11-14-24)15-18-7-3-6-10-21(18)25-20-8-4-5-9-20/h3,6-7,10,17,19-20,24H,4-5,8-9,11-16H2,1-2H3/t19-/m0/s1. The van der Waals surface area contributed by atoms with E-state index in [1.807, 2.05) is 0 Å². The number of piperazine rings is 1. The number of aliphatic hydroxyl groups is 1. The minimum absolute atomic E-state index is 0.267. The van der Waals surface area contributed by atoms with E-state index < -0.39 is 0 Å². The van der Waals surface area contributed by atoms with Gasteiger partial charge in [0.05, 0.1) is 6.10 Å². The molecular formula is C21H34N2O2. The molecule has 140 valence electrons. The summed E-state index contributed by atoms with van der Waals surface area (Å²) in [6, 6.07) is 9.52. The molecule has 0 bridgehead atoms. The Hall–Kier alpha value is -1.10. The predicted molar refractivity (Wildman–Crippen MR) is 102 cm³/mol. The van der Waals surface area contributed by atoms with Crippen LogP contribution in [0.25, 0.3) is 0 Å². The third-order valence-electron chi connectivity index (χ3n) is 5.70. The molecule has 0 amide bonds. The lowest BCUT2D eigenvalue weighted by molar-refractivity contribution is 0.0343. The van der Waals surface area contributed by atoms with E-state index in [4.69, 9.17) is 4.74 Å². The van der Waals surface area contributed by atoms with Crippen molar-refractivity contribution in [1.82, 2.24) is 9.80 Å². The second kappa shape index (κ2) is 9.02. The number of rotatable bonds is 7. The molecule has 0 spiro atoms. The van der Waals surface area contributed by atoms with Crippen LogP contribution >= 0.6 is 0 Å². The van der Waals surface area contributed by atoms with Crippen LogP contribution in [0.3, 0.4) is 0 Å². The minimum atomic E-state index is 0.267. The van der Waals surface area contributed by atoms with Crippen molar-refractivity contribution in [2.24, 2.45) is 0 Å². The molecule has 25 heavy (non-hydrogen) atoms. The van der Waals surface area contributed by atoms with Gasteiger partial charge >= 0.3 is 0 Å². The monoisotopic (exact) mass is 346 g/mol. The molecule has 4 nitrogen and oxygen atoms in total. The highest BCUT2D eigenvalue weighted by Gasteiger charge is 2.28. The van der Waals surface area contributed by atoms with Crippen LogP contribution in [0.5, 0.6) is 5.75 Å². The van der Waals surface area contributed by atoms with Gasteiger partial charge in [-0.15, -0.1) is 0 Å². The van der Waals surface area contributed by atoms with Crippen molar-refractivity contribution in [3.05, 3.63) is 29.8 Å². The van der Waals surface area contributed by atoms with Crippen molar-refractivity contribution in [2.75, 3.05) is 26.2 Å². The van der Waals surface area contributed by atoms with E-state index in [1.54, 1.807) is 0 Å². The largest absolute Gasteiger partial charge is 0.490 e. The number of hydrogen-bond donors (Lipinski definition) is 1. The molecule has 1 aromatic rings. The summed E-state index contributed by atoms with van der Waals surface area (Å²) in [5.74, 6) is 1.07. The quantitative estimate of drug-likeness (QED) is 0.822. The van der Waals surface area contributed by atoms with Crippen molar-refractivity contribution in [3.8, 4) is 5.75 Å². The van der Waals surface area contributed by atoms with Gasteiger partial charge in [-0.25, -0.2) is 0 Å². The first-order chi connectivity index (χ1) is 12.2. The summed E-state index contributed by atoms with van der Waals surface area (Å²) in [4.78, 5) is 5.06. The maximum Gasteiger partial charge on any atom is 0.124 e. The van der Waals surface area contributed by atoms with Gasteiger partial charge in [0.1, 0.15) is 5.75 Å². The molecule has 1 N–H and O–H groups in total. The van der Waals surface area contributed by atoms with Gasteiger partial charge in [0.2, 0.25) is 0 Å². The molecule has 0 radical (unpaired) electrons. The third-order valence-corrected chi connectivity index (χ3v) is 5.70. The zero-order chi connectivity index (χ0) is 17.6. The SMILES string of the molecule is CC(C)N1CCN(Cc2ccccc2OC2CCCC2)C[C@@H]1CCO. The van der Waals surface area contributed by atoms with Gasteiger partial charge in [-0.1, -0.05) is 18.2 Å². The molecule has 0 unspecified atom stereocenters. The first-order valence-corrected chi connectivity index (χ1v) is 10.0. The van der Waals surface area contributed by atoms with Crippen LogP contribution in [0.2, 0.25) is 0 Å². The fraction of sp³-hybridized carbons (Fsp3) is 0.714. The zero-order valence-corrected chi connectivity index (χ0v) is 15.9. The van der Waals surface area contributed by atoms with Crippen LogP contribution in [0, 0.1) is 0 Å². The van der Waals surface area contributed by atoms with Crippen LogP contribution in [0.4, 0.5) is 0 Å². The second-order valence-electron chi connectivity index (χ2n) is 7.86. The molecule has 3 rings (SSSR count). The summed E-state index contributed by atoms with van der Waals surface area (Å²) in [6.45, 7) is 8.90. The first-order valence-electron chi connectivity index (χ1n) is 10.0. The van der Waals surface area contributed by atoms with Crippen LogP contribution in [0.1, 0.15) is 51.5 Å². The van der Waals surface area contributed by atoms with Gasteiger partial charge < -0.3 is 9.84 Å². The van der Waals surface area contributed by atoms with E-state index in [0.717, 1.165) is 38.3 Å². The predicted octanol–water partition coefficient (Wildman–Crippen LogP) is 3.29. The minimum Gasteiger partial charge on any atom is -0.490 e. The maximum atomic E-state index is 9.43. The lowest BCUT2D eigenvalue weighted by Gasteiger charge is -2.43. The Morgan fingerprint density at radius 2 is 1.92 bits per heavy atom. The number of para-hydroxylation sites is 1. The normalized spacial score (nSPS) is 23.4. The highest BCUT2D eigenvalue weighted by atomic mass is 16.5. The van der Waals surface area contributed by atoms with Crippen molar-refractivity contribution in [3.63, 3.8) is 0 Å². The number of hydrogen-bond acceptors (Lipinski definition) is 4. The molecule has 1 aliphatic carbocycles. The first kappa shape index (κ1) is 18.7. The molecule has 1 saturated heterocycles. The van der Waals surface area contributed by atoms with Crippen molar-refractivity contribution in [1.29, 1.82) is 0 Å². The van der Waals surface area contributed by atoms with Crippen molar-refractivity contribution in [2.45, 2.75) is 70.7 Å². The summed E-state index contributed by atoms with van der Waals surface area (Å²) >= 11 is 0. The van der Waals surface area contributed by atoms with Gasteiger partial charge in [0.25, 0.3) is 0 Å². The Morgan fingerprint density at radius 3 is 2.64 bits per heavy atom. The number of ether oxygens (including phenoxy) is 1. The highest BCUT2D eigenvalue weighted by molar-refractivity contribution is 5.33. The summed E-state index contributed by atoms with van der Waals surface area (Å²) < 4.78 is 6.30. The van der Waals surface area contributed by atoms with E-state index in [9.17, 15) is 5.11 Å². The molecule has 1 heterocycles. The zero-order valence-electron chi connectivity index (χ0n) is 15.9. The van der Waals surface area contributed by atoms with Gasteiger partial charge in [0, 0.05) is 50.4 Å². The Labute approximate surface area is 152 Å². The molecule has 2 aliphatic rings. The van der Waals surface area contributed by atoms with Gasteiger partial charge in [-0.2, -0.15) is 0 Å². The Bertz CT molecular complexity index is 528. The van der Waals surface area contributed by atoms with Gasteiger partial charge in [0.15, 0.2) is 0 Å². The smallest absolute Gasteiger partial charge is 0.124 e. The topological polar surface area (TPSA) is 35.9 Å². The number of nitrogens with zero attached hydrogens (tertiary/aromatic N) is 2. The highest BCUT2D eigenvalue weighted by Crippen LogP contribution is 2.28. The van der Waals surface area contributed by atoms with E-state index in [1.165, 1.54) is 31.2 Å². The molecule has 0 aromatic heterocycles. The molecule has 1 atom stereocenters. The van der Waals surface area contributed by atoms with E-state index in [2.05, 4.69) is 47.9 Å². The van der Waals surface area contributed by atoms with Crippen molar-refractivity contribution < 1.29 is 9.84 Å². The molecule has 1 aliphatic heterocycles. The molecule has 1 aromatic carbocycles. The Morgan fingerprint density at radius 1 is 1.16 bits per heavy atom. The molecule has 1 saturated carbocycles. The van der Waals surface area contributed by atoms with E-state index in [0.29, 0.717) is 18.2 Å². The number of aliphatic hydroxyl groups excluding tert-OH is 1. The Balaban J connectivity index is 1.63. The second-order valence-corrected chi connectivity index (χ2v) is 7.86. The fourth-order valence-electron chi connectivity index (χ4n) is 4.34. The summed E-state index contributed by atoms with van der Waals surface area (Å²) in [5, 5.41) is 9.43. The van der Waals surface area contributed by atoms with Crippen LogP contribution in [-0.2, 0) is 6.54 Å². The average molecular weight is 347 g/mol. The van der Waals surface area contributed by atoms with Crippen LogP contribution < -0.4 is 4.74 Å². The number of benzene rings is 1. The fourth-order valence-corrected chi connectivity index (χ4v) is 4.34. The lowest BCUT2D eigenvalue weighted by atomic mass is 10.1. The summed E-state index contributed by atoms with van der Waals surface area (Å²) in [6.07, 6.45) is 6.25. The Kier molecular flexibility index (Phi) is 6.74. The maximum absolute atomic E-state index is 9.43. The van der Waals surface area contributed by atoms with E-state index >= 15 is 0 Å². The average Bonchev–Trinajstić information content (AvgIpc) is 3.10. The van der Waals surface area contributed by atoms with Crippen LogP contribution in [-0.4, -0.2) is 59.3 Å². The van der Waals surface area contributed by atoms with Gasteiger partial charge in [-0.05, 0) is 52.0 Å². The lowest BCUT2D eigenvalue weighted by Crippen LogP contribution is -2.55. The van der Waals surface area contributed by atoms with Gasteiger partial charge in [-0.3, -0.25) is 9.80 Å². The van der Waals surface area contributed by atoms with E-state index in [-0.39, 0.29) is 6.61 Å². The summed E-state index contributed by atoms with van der Waals surface area (Å²) in [5.41, 5.74) is 1.30. The molecule has 4 heteroatoms. The van der Waals surface area contributed by atoms with Crippen LogP contribution in [0.15, 0.2) is 24.3 Å². The molecular weight excluding hydrogens is 312 g/mol. The van der Waals surface area contributed by atoms with Crippen molar-refractivity contribution >= 4 is 0 Å². The third kappa shape index (κ3) is 4.96.